The van der Waals surface area contributed by atoms with Crippen LogP contribution >= 0.6 is 0 Å². The van der Waals surface area contributed by atoms with Crippen LogP contribution in [-0.2, 0) is 0 Å². The van der Waals surface area contributed by atoms with Crippen molar-refractivity contribution in [1.29, 1.82) is 0 Å². The Labute approximate surface area is 116 Å². The molecule has 0 spiro atoms. The molecule has 0 fully saturated rings. The molecule has 1 aromatic rings. The minimum absolute atomic E-state index is 0.122. The van der Waals surface area contributed by atoms with Crippen molar-refractivity contribution < 1.29 is 9.84 Å². The van der Waals surface area contributed by atoms with E-state index in [1.54, 1.807) is 0 Å². The Morgan fingerprint density at radius 1 is 1.37 bits per heavy atom. The lowest BCUT2D eigenvalue weighted by Crippen LogP contribution is -2.23. The number of hydrogen-bond acceptors (Lipinski definition) is 4. The first kappa shape index (κ1) is 15.6. The topological polar surface area (TPSA) is 67.5 Å². The molecule has 0 aliphatic carbocycles. The molecule has 0 aromatic heterocycles. The van der Waals surface area contributed by atoms with Gasteiger partial charge in [-0.2, -0.15) is 0 Å². The van der Waals surface area contributed by atoms with Crippen LogP contribution in [-0.4, -0.2) is 24.9 Å². The molecule has 19 heavy (non-hydrogen) atoms. The van der Waals surface area contributed by atoms with Crippen LogP contribution in [0.2, 0.25) is 0 Å². The van der Waals surface area contributed by atoms with Crippen LogP contribution in [0.5, 0.6) is 5.75 Å². The minimum atomic E-state index is 0.122. The van der Waals surface area contributed by atoms with Crippen molar-refractivity contribution in [2.45, 2.75) is 33.6 Å². The summed E-state index contributed by atoms with van der Waals surface area (Å²) in [5.41, 5.74) is 7.75. The summed E-state index contributed by atoms with van der Waals surface area (Å²) in [6.45, 7) is 7.96. The second-order valence-corrected chi connectivity index (χ2v) is 5.50. The smallest absolute Gasteiger partial charge is 0.144 e. The molecule has 0 saturated carbocycles. The number of hydrogen-bond donors (Lipinski definition) is 3. The molecule has 0 aliphatic heterocycles. The highest BCUT2D eigenvalue weighted by Crippen LogP contribution is 2.31. The first-order valence-electron chi connectivity index (χ1n) is 6.86. The monoisotopic (exact) mass is 266 g/mol. The van der Waals surface area contributed by atoms with Crippen LogP contribution in [0.15, 0.2) is 18.2 Å². The summed E-state index contributed by atoms with van der Waals surface area (Å²) in [5, 5.41) is 12.3. The van der Waals surface area contributed by atoms with E-state index in [4.69, 9.17) is 15.6 Å². The summed E-state index contributed by atoms with van der Waals surface area (Å²) in [4.78, 5) is 0. The predicted octanol–water partition coefficient (Wildman–Crippen LogP) is 2.88. The normalized spacial score (nSPS) is 11.4. The average Bonchev–Trinajstić information content (AvgIpc) is 2.38. The predicted molar refractivity (Wildman–Crippen MR) is 80.6 cm³/mol. The minimum Gasteiger partial charge on any atom is -0.492 e. The molecule has 0 amide bonds. The van der Waals surface area contributed by atoms with E-state index in [0.29, 0.717) is 12.3 Å². The third kappa shape index (κ3) is 4.99. The van der Waals surface area contributed by atoms with Gasteiger partial charge in [0, 0.05) is 13.2 Å². The molecule has 4 nitrogen and oxygen atoms in total. The molecular formula is C15H26N2O2. The van der Waals surface area contributed by atoms with Crippen LogP contribution < -0.4 is 15.8 Å². The number of benzene rings is 1. The first-order valence-corrected chi connectivity index (χ1v) is 6.86. The summed E-state index contributed by atoms with van der Waals surface area (Å²) >= 11 is 0. The number of aliphatic hydroxyl groups excluding tert-OH is 1. The highest BCUT2D eigenvalue weighted by atomic mass is 16.5. The molecule has 0 atom stereocenters. The molecule has 0 unspecified atom stereocenters. The zero-order valence-corrected chi connectivity index (χ0v) is 12.2. The van der Waals surface area contributed by atoms with E-state index < -0.39 is 0 Å². The van der Waals surface area contributed by atoms with Crippen LogP contribution in [0, 0.1) is 5.41 Å². The van der Waals surface area contributed by atoms with Gasteiger partial charge in [-0.25, -0.2) is 0 Å². The van der Waals surface area contributed by atoms with Gasteiger partial charge in [-0.1, -0.05) is 19.9 Å². The van der Waals surface area contributed by atoms with E-state index in [0.717, 1.165) is 30.8 Å². The number of rotatable bonds is 8. The highest BCUT2D eigenvalue weighted by Gasteiger charge is 2.17. The van der Waals surface area contributed by atoms with Gasteiger partial charge in [0.2, 0.25) is 0 Å². The highest BCUT2D eigenvalue weighted by molar-refractivity contribution is 5.72. The number of nitrogens with two attached hydrogens (primary N) is 1. The van der Waals surface area contributed by atoms with Crippen molar-refractivity contribution in [3.8, 4) is 5.75 Å². The number of aliphatic hydroxyl groups is 1. The fourth-order valence-corrected chi connectivity index (χ4v) is 1.96. The lowest BCUT2D eigenvalue weighted by Gasteiger charge is -2.26. The van der Waals surface area contributed by atoms with Gasteiger partial charge in [0.15, 0.2) is 0 Å². The molecule has 0 saturated heterocycles. The summed E-state index contributed by atoms with van der Waals surface area (Å²) in [5.74, 6) is 0.723. The van der Waals surface area contributed by atoms with E-state index in [-0.39, 0.29) is 12.0 Å². The largest absolute Gasteiger partial charge is 0.492 e. The van der Waals surface area contributed by atoms with Gasteiger partial charge >= 0.3 is 0 Å². The fraction of sp³-hybridized carbons (Fsp3) is 0.600. The maximum atomic E-state index is 8.90. The lowest BCUT2D eigenvalue weighted by molar-refractivity contribution is 0.248. The Kier molecular flexibility index (Phi) is 5.96. The van der Waals surface area contributed by atoms with Crippen molar-refractivity contribution in [1.82, 2.24) is 0 Å². The van der Waals surface area contributed by atoms with Gasteiger partial charge in [-0.15, -0.1) is 0 Å². The van der Waals surface area contributed by atoms with Gasteiger partial charge < -0.3 is 20.9 Å². The molecule has 0 bridgehead atoms. The Hall–Kier alpha value is -1.42. The molecule has 1 aromatic carbocycles. The van der Waals surface area contributed by atoms with Gasteiger partial charge in [0.05, 0.1) is 18.0 Å². The Balaban J connectivity index is 2.64. The third-order valence-corrected chi connectivity index (χ3v) is 3.14. The fourth-order valence-electron chi connectivity index (χ4n) is 1.96. The quantitative estimate of drug-likeness (QED) is 0.633. The number of ether oxygens (including phenoxy) is 1. The summed E-state index contributed by atoms with van der Waals surface area (Å²) < 4.78 is 5.48. The van der Waals surface area contributed by atoms with Crippen LogP contribution in [0.1, 0.15) is 33.6 Å². The van der Waals surface area contributed by atoms with E-state index in [9.17, 15) is 0 Å². The first-order chi connectivity index (χ1) is 9.00. The van der Waals surface area contributed by atoms with Crippen molar-refractivity contribution in [3.05, 3.63) is 18.2 Å². The molecule has 4 heteroatoms. The average molecular weight is 266 g/mol. The van der Waals surface area contributed by atoms with Gasteiger partial charge in [-0.3, -0.25) is 0 Å². The summed E-state index contributed by atoms with van der Waals surface area (Å²) in [6, 6.07) is 5.77. The number of nitrogen functional groups attached to an aromatic ring is 1. The van der Waals surface area contributed by atoms with Gasteiger partial charge in [-0.05, 0) is 37.3 Å². The Morgan fingerprint density at radius 2 is 2.11 bits per heavy atom. The van der Waals surface area contributed by atoms with Gasteiger partial charge in [0.25, 0.3) is 0 Å². The molecule has 4 N–H and O–H groups in total. The van der Waals surface area contributed by atoms with Crippen molar-refractivity contribution in [2.24, 2.45) is 5.41 Å². The third-order valence-electron chi connectivity index (χ3n) is 3.14. The van der Waals surface area contributed by atoms with Crippen LogP contribution in [0.4, 0.5) is 11.4 Å². The lowest BCUT2D eigenvalue weighted by atomic mass is 9.88. The maximum absolute atomic E-state index is 8.90. The van der Waals surface area contributed by atoms with Gasteiger partial charge in [0.1, 0.15) is 5.75 Å². The second kappa shape index (κ2) is 7.24. The second-order valence-electron chi connectivity index (χ2n) is 5.50. The SMILES string of the molecule is CCOc1cccc(NCC(C)(C)CCCO)c1N. The van der Waals surface area contributed by atoms with E-state index >= 15 is 0 Å². The van der Waals surface area contributed by atoms with Crippen molar-refractivity contribution in [2.75, 3.05) is 30.8 Å². The van der Waals surface area contributed by atoms with Crippen molar-refractivity contribution >= 4 is 11.4 Å². The Bertz CT molecular complexity index is 392. The molecule has 0 aliphatic rings. The molecule has 0 radical (unpaired) electrons. The number of anilines is 2. The standard InChI is InChI=1S/C15H26N2O2/c1-4-19-13-8-5-7-12(14(13)16)17-11-15(2,3)9-6-10-18/h5,7-8,17-18H,4,6,9-11,16H2,1-3H3. The van der Waals surface area contributed by atoms with E-state index in [2.05, 4.69) is 19.2 Å². The van der Waals surface area contributed by atoms with Crippen LogP contribution in [0.3, 0.4) is 0 Å². The number of nitrogens with one attached hydrogen (secondary N) is 1. The van der Waals surface area contributed by atoms with Crippen LogP contribution in [0.25, 0.3) is 0 Å². The molecular weight excluding hydrogens is 240 g/mol. The van der Waals surface area contributed by atoms with Crippen molar-refractivity contribution in [3.63, 3.8) is 0 Å². The summed E-state index contributed by atoms with van der Waals surface area (Å²) in [7, 11) is 0. The van der Waals surface area contributed by atoms with E-state index in [1.165, 1.54) is 0 Å². The Morgan fingerprint density at radius 3 is 2.74 bits per heavy atom. The maximum Gasteiger partial charge on any atom is 0.144 e. The molecule has 1 rings (SSSR count). The zero-order chi connectivity index (χ0) is 14.3. The molecule has 0 heterocycles. The van der Waals surface area contributed by atoms with E-state index in [1.807, 2.05) is 25.1 Å². The zero-order valence-electron chi connectivity index (χ0n) is 12.2. The molecule has 108 valence electrons. The number of para-hydroxylation sites is 1. The summed E-state index contributed by atoms with van der Waals surface area (Å²) in [6.07, 6.45) is 1.80.